The molecule has 11 heavy (non-hydrogen) atoms. The Morgan fingerprint density at radius 2 is 1.91 bits per heavy atom. The van der Waals surface area contributed by atoms with Crippen LogP contribution >= 0.6 is 0 Å². The fraction of sp³-hybridized carbons (Fsp3) is 0.444. The van der Waals surface area contributed by atoms with Gasteiger partial charge < -0.3 is 0 Å². The van der Waals surface area contributed by atoms with Crippen LogP contribution in [-0.4, -0.2) is 0 Å². The van der Waals surface area contributed by atoms with Crippen LogP contribution in [0, 0.1) is 28.1 Å². The van der Waals surface area contributed by atoms with Gasteiger partial charge in [-0.2, -0.15) is 10.5 Å². The van der Waals surface area contributed by atoms with E-state index in [0.717, 1.165) is 5.57 Å². The Labute approximate surface area is 67.1 Å². The number of rotatable bonds is 2. The van der Waals surface area contributed by atoms with E-state index in [4.69, 9.17) is 10.5 Å². The molecule has 0 aromatic heterocycles. The van der Waals surface area contributed by atoms with Crippen LogP contribution < -0.4 is 0 Å². The largest absolute Gasteiger partial charge is 0.197 e. The number of nitrogens with zero attached hydrogens (tertiary/aromatic N) is 2. The molecule has 0 aliphatic carbocycles. The molecule has 0 spiro atoms. The molecule has 0 saturated heterocycles. The SMILES string of the molecule is C=C=C(C)CC(C)(C#N)C#N. The van der Waals surface area contributed by atoms with Gasteiger partial charge in [-0.15, -0.1) is 5.73 Å². The van der Waals surface area contributed by atoms with Gasteiger partial charge in [-0.3, -0.25) is 0 Å². The van der Waals surface area contributed by atoms with Crippen LogP contribution in [0.25, 0.3) is 0 Å². The van der Waals surface area contributed by atoms with E-state index in [0.29, 0.717) is 6.42 Å². The summed E-state index contributed by atoms with van der Waals surface area (Å²) in [7, 11) is 0. The van der Waals surface area contributed by atoms with Crippen LogP contribution in [-0.2, 0) is 0 Å². The molecule has 0 radical (unpaired) electrons. The van der Waals surface area contributed by atoms with E-state index >= 15 is 0 Å². The summed E-state index contributed by atoms with van der Waals surface area (Å²) >= 11 is 0. The maximum absolute atomic E-state index is 8.60. The maximum atomic E-state index is 8.60. The summed E-state index contributed by atoms with van der Waals surface area (Å²) in [5.41, 5.74) is 2.57. The van der Waals surface area contributed by atoms with Crippen molar-refractivity contribution in [2.24, 2.45) is 5.41 Å². The van der Waals surface area contributed by atoms with E-state index in [1.165, 1.54) is 0 Å². The van der Waals surface area contributed by atoms with Gasteiger partial charge in [0.05, 0.1) is 12.1 Å². The Hall–Kier alpha value is -1.50. The van der Waals surface area contributed by atoms with Crippen molar-refractivity contribution in [3.63, 3.8) is 0 Å². The van der Waals surface area contributed by atoms with Gasteiger partial charge in [-0.1, -0.05) is 6.58 Å². The number of hydrogen-bond acceptors (Lipinski definition) is 2. The Bertz CT molecular complexity index is 255. The van der Waals surface area contributed by atoms with Gasteiger partial charge in [0.2, 0.25) is 0 Å². The minimum atomic E-state index is -0.922. The molecule has 0 aliphatic rings. The van der Waals surface area contributed by atoms with Crippen molar-refractivity contribution in [3.05, 3.63) is 17.9 Å². The summed E-state index contributed by atoms with van der Waals surface area (Å²) in [6, 6.07) is 3.89. The normalized spacial score (nSPS) is 9.09. The highest BCUT2D eigenvalue weighted by atomic mass is 14.4. The lowest BCUT2D eigenvalue weighted by atomic mass is 9.87. The lowest BCUT2D eigenvalue weighted by Gasteiger charge is -2.09. The molecule has 0 unspecified atom stereocenters. The Balaban J connectivity index is 4.52. The molecule has 0 rings (SSSR count). The minimum absolute atomic E-state index is 0.420. The third-order valence-electron chi connectivity index (χ3n) is 1.41. The van der Waals surface area contributed by atoms with E-state index < -0.39 is 5.41 Å². The summed E-state index contributed by atoms with van der Waals surface area (Å²) in [5.74, 6) is 0. The average molecular weight is 146 g/mol. The molecule has 0 fully saturated rings. The highest BCUT2D eigenvalue weighted by molar-refractivity contribution is 5.16. The topological polar surface area (TPSA) is 47.6 Å². The minimum Gasteiger partial charge on any atom is -0.197 e. The molecule has 0 aromatic rings. The zero-order valence-corrected chi connectivity index (χ0v) is 6.81. The maximum Gasteiger partial charge on any atom is 0.145 e. The second-order valence-corrected chi connectivity index (χ2v) is 2.69. The Morgan fingerprint density at radius 1 is 1.45 bits per heavy atom. The number of allylic oxidation sites excluding steroid dienone is 1. The molecule has 0 N–H and O–H groups in total. The van der Waals surface area contributed by atoms with E-state index in [-0.39, 0.29) is 0 Å². The quantitative estimate of drug-likeness (QED) is 0.560. The zero-order chi connectivity index (χ0) is 8.91. The summed E-state index contributed by atoms with van der Waals surface area (Å²) in [6.45, 7) is 6.84. The Morgan fingerprint density at radius 3 is 2.18 bits per heavy atom. The van der Waals surface area contributed by atoms with E-state index in [1.807, 2.05) is 12.1 Å². The van der Waals surface area contributed by atoms with Crippen molar-refractivity contribution in [2.45, 2.75) is 20.3 Å². The van der Waals surface area contributed by atoms with Crippen molar-refractivity contribution in [1.82, 2.24) is 0 Å². The van der Waals surface area contributed by atoms with Gasteiger partial charge in [0.1, 0.15) is 5.41 Å². The Kier molecular flexibility index (Phi) is 3.12. The first-order valence-corrected chi connectivity index (χ1v) is 3.26. The second-order valence-electron chi connectivity index (χ2n) is 2.69. The lowest BCUT2D eigenvalue weighted by molar-refractivity contribution is 0.577. The van der Waals surface area contributed by atoms with Gasteiger partial charge in [-0.25, -0.2) is 0 Å². The summed E-state index contributed by atoms with van der Waals surface area (Å²) in [5, 5.41) is 17.2. The monoisotopic (exact) mass is 146 g/mol. The fourth-order valence-corrected chi connectivity index (χ4v) is 0.697. The van der Waals surface area contributed by atoms with Gasteiger partial charge in [-0.05, 0) is 19.4 Å². The first-order valence-electron chi connectivity index (χ1n) is 3.26. The molecule has 0 saturated carbocycles. The second kappa shape index (κ2) is 3.62. The fourth-order valence-electron chi connectivity index (χ4n) is 0.697. The zero-order valence-electron chi connectivity index (χ0n) is 6.81. The van der Waals surface area contributed by atoms with Crippen LogP contribution in [0.2, 0.25) is 0 Å². The molecule has 0 amide bonds. The first kappa shape index (κ1) is 9.50. The summed E-state index contributed by atoms with van der Waals surface area (Å²) in [4.78, 5) is 0. The smallest absolute Gasteiger partial charge is 0.145 e. The molecule has 2 heteroatoms. The predicted octanol–water partition coefficient (Wildman–Crippen LogP) is 2.16. The van der Waals surface area contributed by atoms with E-state index in [2.05, 4.69) is 12.3 Å². The first-order chi connectivity index (χ1) is 5.08. The van der Waals surface area contributed by atoms with Crippen molar-refractivity contribution in [2.75, 3.05) is 0 Å². The van der Waals surface area contributed by atoms with Crippen LogP contribution in [0.5, 0.6) is 0 Å². The highest BCUT2D eigenvalue weighted by Crippen LogP contribution is 2.22. The van der Waals surface area contributed by atoms with Crippen molar-refractivity contribution in [3.8, 4) is 12.1 Å². The summed E-state index contributed by atoms with van der Waals surface area (Å²) < 4.78 is 0. The van der Waals surface area contributed by atoms with Gasteiger partial charge in [0, 0.05) is 6.42 Å². The molecule has 0 heterocycles. The molecule has 0 aliphatic heterocycles. The molecule has 0 aromatic carbocycles. The lowest BCUT2D eigenvalue weighted by Crippen LogP contribution is -2.10. The standard InChI is InChI=1S/C9H10N2/c1-4-8(2)5-9(3,6-10)7-11/h1,5H2,2-3H3. The van der Waals surface area contributed by atoms with Crippen molar-refractivity contribution in [1.29, 1.82) is 10.5 Å². The van der Waals surface area contributed by atoms with Gasteiger partial charge >= 0.3 is 0 Å². The molecule has 2 nitrogen and oxygen atoms in total. The average Bonchev–Trinajstić information content (AvgIpc) is 2.04. The van der Waals surface area contributed by atoms with Crippen molar-refractivity contribution < 1.29 is 0 Å². The number of hydrogen-bond donors (Lipinski definition) is 0. The van der Waals surface area contributed by atoms with Gasteiger partial charge in [0.15, 0.2) is 0 Å². The predicted molar refractivity (Wildman–Crippen MR) is 42.3 cm³/mol. The van der Waals surface area contributed by atoms with Crippen LogP contribution in [0.15, 0.2) is 17.9 Å². The molecule has 56 valence electrons. The molecular formula is C9H10N2. The van der Waals surface area contributed by atoms with Crippen LogP contribution in [0.4, 0.5) is 0 Å². The van der Waals surface area contributed by atoms with Crippen LogP contribution in [0.1, 0.15) is 20.3 Å². The van der Waals surface area contributed by atoms with Gasteiger partial charge in [0.25, 0.3) is 0 Å². The number of nitriles is 2. The molecule has 0 bridgehead atoms. The van der Waals surface area contributed by atoms with Crippen LogP contribution in [0.3, 0.4) is 0 Å². The third kappa shape index (κ3) is 2.72. The van der Waals surface area contributed by atoms with Crippen molar-refractivity contribution >= 4 is 0 Å². The van der Waals surface area contributed by atoms with E-state index in [9.17, 15) is 0 Å². The molecular weight excluding hydrogens is 136 g/mol. The third-order valence-corrected chi connectivity index (χ3v) is 1.41. The summed E-state index contributed by atoms with van der Waals surface area (Å²) in [6.07, 6.45) is 0.420. The van der Waals surface area contributed by atoms with E-state index in [1.54, 1.807) is 13.8 Å². The highest BCUT2D eigenvalue weighted by Gasteiger charge is 2.23. The molecule has 0 atom stereocenters.